The van der Waals surface area contributed by atoms with Gasteiger partial charge in [-0.05, 0) is 6.92 Å². The van der Waals surface area contributed by atoms with Crippen LogP contribution in [0, 0.1) is 0 Å². The highest BCUT2D eigenvalue weighted by atomic mass is 16.6. The van der Waals surface area contributed by atoms with Crippen LogP contribution in [-0.4, -0.2) is 62.0 Å². The van der Waals surface area contributed by atoms with Gasteiger partial charge < -0.3 is 10.2 Å². The quantitative estimate of drug-likeness (QED) is 0.484. The topological polar surface area (TPSA) is 109 Å². The van der Waals surface area contributed by atoms with Gasteiger partial charge in [-0.2, -0.15) is 0 Å². The van der Waals surface area contributed by atoms with Crippen molar-refractivity contribution < 1.29 is 24.1 Å². The maximum Gasteiger partial charge on any atom is 0.263 e. The van der Waals surface area contributed by atoms with Crippen molar-refractivity contribution in [2.75, 3.05) is 33.9 Å². The maximum absolute atomic E-state index is 12.3. The molecule has 20 heavy (non-hydrogen) atoms. The third-order valence-electron chi connectivity index (χ3n) is 2.94. The number of nitrogens with one attached hydrogen (secondary N) is 3. The van der Waals surface area contributed by atoms with E-state index in [0.717, 1.165) is 0 Å². The van der Waals surface area contributed by atoms with Crippen molar-refractivity contribution in [3.8, 4) is 0 Å². The monoisotopic (exact) mass is 288 g/mol. The van der Waals surface area contributed by atoms with Crippen molar-refractivity contribution in [3.63, 3.8) is 0 Å². The first-order chi connectivity index (χ1) is 9.42. The molecule has 0 aromatic carbocycles. The highest BCUT2D eigenvalue weighted by Crippen LogP contribution is 2.17. The van der Waals surface area contributed by atoms with Gasteiger partial charge in [-0.15, -0.1) is 0 Å². The van der Waals surface area contributed by atoms with E-state index in [0.29, 0.717) is 13.1 Å². The average molecular weight is 288 g/mol. The van der Waals surface area contributed by atoms with Crippen molar-refractivity contribution in [2.45, 2.75) is 18.9 Å². The number of hydrogen-bond acceptors (Lipinski definition) is 6. The molecular formula is C11H20N4O5. The molecule has 1 rings (SSSR count). The van der Waals surface area contributed by atoms with E-state index in [1.54, 1.807) is 6.92 Å². The predicted molar refractivity (Wildman–Crippen MR) is 67.9 cm³/mol. The Kier molecular flexibility index (Phi) is 5.86. The van der Waals surface area contributed by atoms with Crippen molar-refractivity contribution in [1.82, 2.24) is 21.2 Å². The number of carbonyl (C=O) groups excluding carboxylic acids is 3. The second-order valence-electron chi connectivity index (χ2n) is 4.62. The van der Waals surface area contributed by atoms with Gasteiger partial charge in [0.1, 0.15) is 12.1 Å². The summed E-state index contributed by atoms with van der Waals surface area (Å²) in [5, 5.41) is 3.00. The Morgan fingerprint density at radius 2 is 1.90 bits per heavy atom. The van der Waals surface area contributed by atoms with E-state index in [4.69, 9.17) is 0 Å². The summed E-state index contributed by atoms with van der Waals surface area (Å²) in [7, 11) is 2.63. The Hall–Kier alpha value is -1.71. The Labute approximate surface area is 116 Å². The van der Waals surface area contributed by atoms with Crippen LogP contribution >= 0.6 is 0 Å². The summed E-state index contributed by atoms with van der Waals surface area (Å²) < 4.78 is 0. The van der Waals surface area contributed by atoms with Crippen LogP contribution in [0.1, 0.15) is 13.3 Å². The number of carbonyl (C=O) groups is 3. The second kappa shape index (κ2) is 7.17. The molecule has 3 amide bonds. The van der Waals surface area contributed by atoms with Gasteiger partial charge >= 0.3 is 0 Å². The van der Waals surface area contributed by atoms with Crippen LogP contribution in [0.2, 0.25) is 0 Å². The molecule has 114 valence electrons. The van der Waals surface area contributed by atoms with Gasteiger partial charge in [0, 0.05) is 13.1 Å². The lowest BCUT2D eigenvalue weighted by Gasteiger charge is -2.39. The van der Waals surface area contributed by atoms with E-state index in [2.05, 4.69) is 26.0 Å². The molecule has 9 heteroatoms. The van der Waals surface area contributed by atoms with Gasteiger partial charge in [-0.25, -0.2) is 11.0 Å². The minimum atomic E-state index is -1.06. The van der Waals surface area contributed by atoms with Crippen LogP contribution in [-0.2, 0) is 24.1 Å². The van der Waals surface area contributed by atoms with E-state index in [1.807, 2.05) is 0 Å². The molecule has 1 atom stereocenters. The minimum Gasteiger partial charge on any atom is -0.330 e. The number of rotatable bonds is 6. The van der Waals surface area contributed by atoms with E-state index in [9.17, 15) is 14.4 Å². The molecule has 1 aliphatic rings. The molecule has 0 aliphatic carbocycles. The molecule has 1 aliphatic heterocycles. The van der Waals surface area contributed by atoms with Crippen molar-refractivity contribution in [2.24, 2.45) is 0 Å². The number of hydrogen-bond donors (Lipinski definition) is 3. The Balaban J connectivity index is 2.67. The molecule has 0 bridgehead atoms. The molecule has 0 aromatic heterocycles. The van der Waals surface area contributed by atoms with Crippen LogP contribution in [0.25, 0.3) is 0 Å². The van der Waals surface area contributed by atoms with Gasteiger partial charge in [0.25, 0.3) is 5.91 Å². The molecule has 1 heterocycles. The Morgan fingerprint density at radius 1 is 1.30 bits per heavy atom. The summed E-state index contributed by atoms with van der Waals surface area (Å²) in [6, 6.07) is 0. The lowest BCUT2D eigenvalue weighted by molar-refractivity contribution is -0.149. The van der Waals surface area contributed by atoms with Crippen LogP contribution in [0.3, 0.4) is 0 Å². The summed E-state index contributed by atoms with van der Waals surface area (Å²) in [6.07, 6.45) is -0.0813. The fourth-order valence-electron chi connectivity index (χ4n) is 2.07. The molecule has 1 fully saturated rings. The number of hydroxylamine groups is 2. The average Bonchev–Trinajstić information content (AvgIpc) is 2.35. The first-order valence-corrected chi connectivity index (χ1v) is 6.11. The van der Waals surface area contributed by atoms with Crippen LogP contribution < -0.4 is 16.3 Å². The Bertz CT molecular complexity index is 389. The summed E-state index contributed by atoms with van der Waals surface area (Å²) >= 11 is 0. The van der Waals surface area contributed by atoms with E-state index in [-0.39, 0.29) is 18.9 Å². The third kappa shape index (κ3) is 4.15. The number of amides is 3. The van der Waals surface area contributed by atoms with E-state index in [1.165, 1.54) is 19.1 Å². The van der Waals surface area contributed by atoms with E-state index < -0.39 is 17.4 Å². The van der Waals surface area contributed by atoms with Crippen LogP contribution in [0.15, 0.2) is 0 Å². The normalized spacial score (nSPS) is 22.6. The molecule has 9 nitrogen and oxygen atoms in total. The fraction of sp³-hybridized carbons (Fsp3) is 0.727. The highest BCUT2D eigenvalue weighted by Gasteiger charge is 2.41. The summed E-state index contributed by atoms with van der Waals surface area (Å²) in [4.78, 5) is 45.7. The van der Waals surface area contributed by atoms with Gasteiger partial charge in [-0.1, -0.05) is 0 Å². The summed E-state index contributed by atoms with van der Waals surface area (Å²) in [5.41, 5.74) is 3.25. The SMILES string of the molecule is CONC(=O)CN1CCNC(C)(CC(=O)NOC)C1=O. The smallest absolute Gasteiger partial charge is 0.263 e. The first kappa shape index (κ1) is 16.3. The van der Waals surface area contributed by atoms with Crippen LogP contribution in [0.5, 0.6) is 0 Å². The molecule has 1 saturated heterocycles. The predicted octanol–water partition coefficient (Wildman–Crippen LogP) is -2.08. The zero-order valence-corrected chi connectivity index (χ0v) is 11.8. The zero-order valence-electron chi connectivity index (χ0n) is 11.8. The second-order valence-corrected chi connectivity index (χ2v) is 4.62. The maximum atomic E-state index is 12.3. The van der Waals surface area contributed by atoms with Gasteiger partial charge in [-0.3, -0.25) is 24.1 Å². The summed E-state index contributed by atoms with van der Waals surface area (Å²) in [6.45, 7) is 2.38. The minimum absolute atomic E-state index is 0.0813. The van der Waals surface area contributed by atoms with Crippen molar-refractivity contribution in [1.29, 1.82) is 0 Å². The van der Waals surface area contributed by atoms with Crippen molar-refractivity contribution in [3.05, 3.63) is 0 Å². The molecule has 0 aromatic rings. The van der Waals surface area contributed by atoms with Gasteiger partial charge in [0.2, 0.25) is 11.8 Å². The lowest BCUT2D eigenvalue weighted by Crippen LogP contribution is -2.65. The largest absolute Gasteiger partial charge is 0.330 e. The molecule has 0 spiro atoms. The van der Waals surface area contributed by atoms with Crippen LogP contribution in [0.4, 0.5) is 0 Å². The number of nitrogens with zero attached hydrogens (tertiary/aromatic N) is 1. The molecular weight excluding hydrogens is 268 g/mol. The standard InChI is InChI=1S/C11H20N4O5/c1-11(6-8(16)13-19-2)10(18)15(5-4-12-11)7-9(17)14-20-3/h12H,4-7H2,1-3H3,(H,13,16)(H,14,17). The highest BCUT2D eigenvalue weighted by molar-refractivity contribution is 5.94. The molecule has 0 radical (unpaired) electrons. The molecule has 0 saturated carbocycles. The molecule has 1 unspecified atom stereocenters. The lowest BCUT2D eigenvalue weighted by atomic mass is 9.93. The van der Waals surface area contributed by atoms with Gasteiger partial charge in [0.15, 0.2) is 0 Å². The summed E-state index contributed by atoms with van der Waals surface area (Å²) in [5.74, 6) is -1.16. The fourth-order valence-corrected chi connectivity index (χ4v) is 2.07. The zero-order chi connectivity index (χ0) is 15.2. The Morgan fingerprint density at radius 3 is 2.50 bits per heavy atom. The van der Waals surface area contributed by atoms with Crippen molar-refractivity contribution >= 4 is 17.7 Å². The van der Waals surface area contributed by atoms with E-state index >= 15 is 0 Å². The first-order valence-electron chi connectivity index (χ1n) is 6.11. The van der Waals surface area contributed by atoms with Gasteiger partial charge in [0.05, 0.1) is 20.6 Å². The third-order valence-corrected chi connectivity index (χ3v) is 2.94. The number of piperazine rings is 1. The molecule has 3 N–H and O–H groups in total.